The molecule has 0 spiro atoms. The van der Waals surface area contributed by atoms with Gasteiger partial charge in [-0.3, -0.25) is 4.72 Å². The van der Waals surface area contributed by atoms with Gasteiger partial charge in [0, 0.05) is 6.54 Å². The van der Waals surface area contributed by atoms with Crippen molar-refractivity contribution in [3.8, 4) is 0 Å². The van der Waals surface area contributed by atoms with E-state index in [1.165, 1.54) is 17.3 Å². The molecule has 3 aromatic rings. The standard InChI is InChI=1S/C20H21N3O2S/c1-15-6-5-9-19(12-15)26(24,25)23-18-10-11-20(22-14-18)21-13-17-8-4-3-7-16(17)2/h3-12,14,23H,13H2,1-2H3,(H,21,22). The highest BCUT2D eigenvalue weighted by Crippen LogP contribution is 2.18. The maximum Gasteiger partial charge on any atom is 0.261 e. The molecule has 0 amide bonds. The van der Waals surface area contributed by atoms with Gasteiger partial charge in [-0.25, -0.2) is 13.4 Å². The number of rotatable bonds is 6. The van der Waals surface area contributed by atoms with Crippen molar-refractivity contribution in [3.05, 3.63) is 83.6 Å². The summed E-state index contributed by atoms with van der Waals surface area (Å²) in [5.41, 5.74) is 3.72. The predicted molar refractivity (Wildman–Crippen MR) is 105 cm³/mol. The van der Waals surface area contributed by atoms with E-state index in [1.807, 2.05) is 25.1 Å². The van der Waals surface area contributed by atoms with Crippen LogP contribution in [-0.4, -0.2) is 13.4 Å². The third-order valence-electron chi connectivity index (χ3n) is 4.04. The van der Waals surface area contributed by atoms with Crippen LogP contribution in [0.15, 0.2) is 71.8 Å². The van der Waals surface area contributed by atoms with E-state index >= 15 is 0 Å². The van der Waals surface area contributed by atoms with Gasteiger partial charge in [0.15, 0.2) is 0 Å². The molecule has 0 unspecified atom stereocenters. The van der Waals surface area contributed by atoms with Gasteiger partial charge in [0.1, 0.15) is 5.82 Å². The fourth-order valence-electron chi connectivity index (χ4n) is 2.55. The van der Waals surface area contributed by atoms with Crippen LogP contribution in [-0.2, 0) is 16.6 Å². The van der Waals surface area contributed by atoms with E-state index in [2.05, 4.69) is 34.1 Å². The number of anilines is 2. The van der Waals surface area contributed by atoms with Crippen molar-refractivity contribution in [2.45, 2.75) is 25.3 Å². The topological polar surface area (TPSA) is 71.1 Å². The summed E-state index contributed by atoms with van der Waals surface area (Å²) in [5.74, 6) is 0.687. The van der Waals surface area contributed by atoms with E-state index in [9.17, 15) is 8.42 Å². The van der Waals surface area contributed by atoms with Crippen LogP contribution < -0.4 is 10.0 Å². The van der Waals surface area contributed by atoms with Gasteiger partial charge in [-0.2, -0.15) is 0 Å². The van der Waals surface area contributed by atoms with E-state index in [0.717, 1.165) is 5.56 Å². The van der Waals surface area contributed by atoms with Crippen LogP contribution in [0.1, 0.15) is 16.7 Å². The molecule has 0 atom stereocenters. The number of benzene rings is 2. The number of pyridine rings is 1. The van der Waals surface area contributed by atoms with Crippen LogP contribution in [0.3, 0.4) is 0 Å². The van der Waals surface area contributed by atoms with Crippen molar-refractivity contribution in [3.63, 3.8) is 0 Å². The smallest absolute Gasteiger partial charge is 0.261 e. The van der Waals surface area contributed by atoms with Crippen molar-refractivity contribution >= 4 is 21.5 Å². The molecule has 5 nitrogen and oxygen atoms in total. The summed E-state index contributed by atoms with van der Waals surface area (Å²) in [6.45, 7) is 4.58. The largest absolute Gasteiger partial charge is 0.366 e. The lowest BCUT2D eigenvalue weighted by Gasteiger charge is -2.10. The van der Waals surface area contributed by atoms with Crippen molar-refractivity contribution in [1.82, 2.24) is 4.98 Å². The van der Waals surface area contributed by atoms with Gasteiger partial charge in [0.05, 0.1) is 16.8 Å². The maximum absolute atomic E-state index is 12.4. The van der Waals surface area contributed by atoms with E-state index in [0.29, 0.717) is 18.1 Å². The van der Waals surface area contributed by atoms with E-state index in [-0.39, 0.29) is 4.90 Å². The minimum absolute atomic E-state index is 0.235. The lowest BCUT2D eigenvalue weighted by atomic mass is 10.1. The highest BCUT2D eigenvalue weighted by atomic mass is 32.2. The average molecular weight is 367 g/mol. The summed E-state index contributed by atoms with van der Waals surface area (Å²) in [4.78, 5) is 4.52. The Kier molecular flexibility index (Phi) is 5.23. The average Bonchev–Trinajstić information content (AvgIpc) is 2.62. The molecule has 1 heterocycles. The summed E-state index contributed by atoms with van der Waals surface area (Å²) in [6, 6.07) is 18.4. The SMILES string of the molecule is Cc1cccc(S(=O)(=O)Nc2ccc(NCc3ccccc3C)nc2)c1. The zero-order chi connectivity index (χ0) is 18.6. The van der Waals surface area contributed by atoms with Crippen LogP contribution in [0.2, 0.25) is 0 Å². The van der Waals surface area contributed by atoms with Gasteiger partial charge in [0.2, 0.25) is 0 Å². The number of hydrogen-bond acceptors (Lipinski definition) is 4. The molecule has 0 radical (unpaired) electrons. The molecule has 0 aliphatic rings. The number of aryl methyl sites for hydroxylation is 2. The molecule has 2 N–H and O–H groups in total. The van der Waals surface area contributed by atoms with E-state index in [1.54, 1.807) is 30.3 Å². The van der Waals surface area contributed by atoms with Crippen LogP contribution >= 0.6 is 0 Å². The summed E-state index contributed by atoms with van der Waals surface area (Å²) < 4.78 is 27.4. The molecular weight excluding hydrogens is 346 g/mol. The lowest BCUT2D eigenvalue weighted by molar-refractivity contribution is 0.601. The molecule has 0 fully saturated rings. The van der Waals surface area contributed by atoms with Crippen molar-refractivity contribution in [2.24, 2.45) is 0 Å². The van der Waals surface area contributed by atoms with Gasteiger partial charge in [-0.1, -0.05) is 36.4 Å². The third-order valence-corrected chi connectivity index (χ3v) is 5.42. The van der Waals surface area contributed by atoms with Crippen molar-refractivity contribution < 1.29 is 8.42 Å². The number of sulfonamides is 1. The fraction of sp³-hybridized carbons (Fsp3) is 0.150. The molecule has 134 valence electrons. The van der Waals surface area contributed by atoms with Gasteiger partial charge in [-0.15, -0.1) is 0 Å². The second kappa shape index (κ2) is 7.58. The number of hydrogen-bond donors (Lipinski definition) is 2. The zero-order valence-corrected chi connectivity index (χ0v) is 15.5. The molecule has 0 saturated carbocycles. The summed E-state index contributed by atoms with van der Waals surface area (Å²) >= 11 is 0. The Morgan fingerprint density at radius 1 is 0.962 bits per heavy atom. The zero-order valence-electron chi connectivity index (χ0n) is 14.7. The van der Waals surface area contributed by atoms with Gasteiger partial charge < -0.3 is 5.32 Å². The summed E-state index contributed by atoms with van der Waals surface area (Å²) in [7, 11) is -3.62. The molecule has 0 saturated heterocycles. The third kappa shape index (κ3) is 4.40. The second-order valence-corrected chi connectivity index (χ2v) is 7.82. The Morgan fingerprint density at radius 2 is 1.77 bits per heavy atom. The van der Waals surface area contributed by atoms with E-state index in [4.69, 9.17) is 0 Å². The van der Waals surface area contributed by atoms with E-state index < -0.39 is 10.0 Å². The van der Waals surface area contributed by atoms with Crippen LogP contribution in [0, 0.1) is 13.8 Å². The normalized spacial score (nSPS) is 11.2. The monoisotopic (exact) mass is 367 g/mol. The Labute approximate surface area is 154 Å². The van der Waals surface area contributed by atoms with Crippen LogP contribution in [0.4, 0.5) is 11.5 Å². The van der Waals surface area contributed by atoms with Crippen LogP contribution in [0.25, 0.3) is 0 Å². The fourth-order valence-corrected chi connectivity index (χ4v) is 3.70. The first-order valence-corrected chi connectivity index (χ1v) is 9.76. The van der Waals surface area contributed by atoms with Crippen LogP contribution in [0.5, 0.6) is 0 Å². The summed E-state index contributed by atoms with van der Waals surface area (Å²) in [6.07, 6.45) is 1.51. The molecule has 0 aliphatic heterocycles. The minimum Gasteiger partial charge on any atom is -0.366 e. The molecule has 0 bridgehead atoms. The number of aromatic nitrogens is 1. The number of nitrogens with zero attached hydrogens (tertiary/aromatic N) is 1. The molecule has 0 aliphatic carbocycles. The van der Waals surface area contributed by atoms with Gasteiger partial charge >= 0.3 is 0 Å². The molecule has 2 aromatic carbocycles. The first-order chi connectivity index (χ1) is 12.4. The molecule has 1 aromatic heterocycles. The quantitative estimate of drug-likeness (QED) is 0.688. The molecule has 26 heavy (non-hydrogen) atoms. The maximum atomic E-state index is 12.4. The predicted octanol–water partition coefficient (Wildman–Crippen LogP) is 4.11. The number of nitrogens with one attached hydrogen (secondary N) is 2. The highest BCUT2D eigenvalue weighted by molar-refractivity contribution is 7.92. The lowest BCUT2D eigenvalue weighted by Crippen LogP contribution is -2.13. The Balaban J connectivity index is 1.67. The second-order valence-electron chi connectivity index (χ2n) is 6.13. The Morgan fingerprint density at radius 3 is 2.46 bits per heavy atom. The van der Waals surface area contributed by atoms with Crippen molar-refractivity contribution in [1.29, 1.82) is 0 Å². The first kappa shape index (κ1) is 17.9. The molecular formula is C20H21N3O2S. The molecule has 6 heteroatoms. The minimum atomic E-state index is -3.62. The van der Waals surface area contributed by atoms with Crippen molar-refractivity contribution in [2.75, 3.05) is 10.0 Å². The van der Waals surface area contributed by atoms with Gasteiger partial charge in [0.25, 0.3) is 10.0 Å². The van der Waals surface area contributed by atoms with Gasteiger partial charge in [-0.05, 0) is 54.8 Å². The summed E-state index contributed by atoms with van der Waals surface area (Å²) in [5, 5.41) is 3.24. The molecule has 3 rings (SSSR count). The first-order valence-electron chi connectivity index (χ1n) is 8.28. The Bertz CT molecular complexity index is 1000. The Hall–Kier alpha value is -2.86. The highest BCUT2D eigenvalue weighted by Gasteiger charge is 2.14.